The van der Waals surface area contributed by atoms with Crippen LogP contribution >= 0.6 is 11.8 Å². The van der Waals surface area contributed by atoms with E-state index in [9.17, 15) is 14.9 Å². The topological polar surface area (TPSA) is 79.2 Å². The molecule has 2 atom stereocenters. The molecule has 0 aliphatic heterocycles. The van der Waals surface area contributed by atoms with Gasteiger partial charge < -0.3 is 10.1 Å². The summed E-state index contributed by atoms with van der Waals surface area (Å²) in [5.41, 5.74) is -0.819. The van der Waals surface area contributed by atoms with Crippen molar-refractivity contribution in [3.63, 3.8) is 0 Å². The average molecular weight is 360 g/mol. The highest BCUT2D eigenvalue weighted by atomic mass is 32.2. The quantitative estimate of drug-likeness (QED) is 0.621. The molecule has 0 saturated heterocycles. The van der Waals surface area contributed by atoms with Crippen LogP contribution in [-0.2, 0) is 14.3 Å². The summed E-state index contributed by atoms with van der Waals surface area (Å²) in [6.45, 7) is 3.30. The van der Waals surface area contributed by atoms with Crippen LogP contribution in [0.5, 0.6) is 0 Å². The van der Waals surface area contributed by atoms with Crippen LogP contribution in [0, 0.1) is 11.3 Å². The number of nitriles is 1. The second-order valence-electron chi connectivity index (χ2n) is 6.40. The molecule has 2 rings (SSSR count). The second-order valence-corrected chi connectivity index (χ2v) is 7.81. The number of esters is 1. The molecule has 1 aliphatic rings. The van der Waals surface area contributed by atoms with E-state index in [-0.39, 0.29) is 0 Å². The van der Waals surface area contributed by atoms with Gasteiger partial charge >= 0.3 is 5.97 Å². The van der Waals surface area contributed by atoms with Crippen LogP contribution in [0.1, 0.15) is 46.0 Å². The Kier molecular flexibility index (Phi) is 6.89. The molecule has 0 heterocycles. The van der Waals surface area contributed by atoms with Crippen molar-refractivity contribution in [3.8, 4) is 6.07 Å². The van der Waals surface area contributed by atoms with E-state index in [4.69, 9.17) is 4.74 Å². The highest BCUT2D eigenvalue weighted by Gasteiger charge is 2.35. The van der Waals surface area contributed by atoms with E-state index in [0.29, 0.717) is 12.8 Å². The number of carbonyl (C=O) groups is 2. The van der Waals surface area contributed by atoms with Crippen molar-refractivity contribution in [1.82, 2.24) is 5.32 Å². The smallest absolute Gasteiger partial charge is 0.319 e. The number of nitrogens with zero attached hydrogens (tertiary/aromatic N) is 1. The monoisotopic (exact) mass is 360 g/mol. The van der Waals surface area contributed by atoms with Crippen LogP contribution in [0.3, 0.4) is 0 Å². The third-order valence-electron chi connectivity index (χ3n) is 4.33. The Morgan fingerprint density at radius 2 is 1.84 bits per heavy atom. The molecule has 0 unspecified atom stereocenters. The number of ether oxygens (including phenoxy) is 1. The molecule has 134 valence electrons. The highest BCUT2D eigenvalue weighted by Crippen LogP contribution is 2.28. The predicted octanol–water partition coefficient (Wildman–Crippen LogP) is 3.44. The van der Waals surface area contributed by atoms with Crippen molar-refractivity contribution in [2.45, 2.75) is 67.7 Å². The average Bonchev–Trinajstić information content (AvgIpc) is 2.63. The van der Waals surface area contributed by atoms with Gasteiger partial charge in [-0.05, 0) is 38.8 Å². The first-order chi connectivity index (χ1) is 12.0. The number of hydrogen-bond acceptors (Lipinski definition) is 5. The molecule has 0 bridgehead atoms. The molecule has 1 aliphatic carbocycles. The van der Waals surface area contributed by atoms with E-state index < -0.39 is 28.8 Å². The zero-order valence-electron chi connectivity index (χ0n) is 14.7. The third-order valence-corrected chi connectivity index (χ3v) is 5.42. The minimum Gasteiger partial charge on any atom is -0.452 e. The molecule has 1 amide bonds. The normalized spacial score (nSPS) is 18.4. The Bertz CT molecular complexity index is 636. The zero-order chi connectivity index (χ0) is 18.3. The summed E-state index contributed by atoms with van der Waals surface area (Å²) in [6, 6.07) is 11.8. The Morgan fingerprint density at radius 1 is 1.20 bits per heavy atom. The van der Waals surface area contributed by atoms with Gasteiger partial charge in [0.1, 0.15) is 10.8 Å². The Labute approximate surface area is 153 Å². The van der Waals surface area contributed by atoms with Crippen molar-refractivity contribution in [2.24, 2.45) is 0 Å². The van der Waals surface area contributed by atoms with Crippen LogP contribution < -0.4 is 5.32 Å². The van der Waals surface area contributed by atoms with Gasteiger partial charge in [-0.15, -0.1) is 11.8 Å². The predicted molar refractivity (Wildman–Crippen MR) is 96.9 cm³/mol. The van der Waals surface area contributed by atoms with E-state index in [2.05, 4.69) is 11.4 Å². The lowest BCUT2D eigenvalue weighted by atomic mass is 9.83. The molecular weight excluding hydrogens is 336 g/mol. The van der Waals surface area contributed by atoms with Gasteiger partial charge in [0.25, 0.3) is 5.91 Å². The van der Waals surface area contributed by atoms with Gasteiger partial charge in [0.2, 0.25) is 0 Å². The molecule has 0 spiro atoms. The molecule has 0 radical (unpaired) electrons. The SMILES string of the molecule is C[C@H](Sc1ccccc1)C(=O)O[C@H](C)C(=O)NC1(C#N)CCCCC1. The lowest BCUT2D eigenvalue weighted by Crippen LogP contribution is -2.52. The van der Waals surface area contributed by atoms with Crippen molar-refractivity contribution < 1.29 is 14.3 Å². The van der Waals surface area contributed by atoms with Gasteiger partial charge in [-0.3, -0.25) is 9.59 Å². The lowest BCUT2D eigenvalue weighted by molar-refractivity contribution is -0.154. The number of nitrogens with one attached hydrogen (secondary N) is 1. The highest BCUT2D eigenvalue weighted by molar-refractivity contribution is 8.00. The summed E-state index contributed by atoms with van der Waals surface area (Å²) in [7, 11) is 0. The number of rotatable bonds is 6. The van der Waals surface area contributed by atoms with E-state index in [1.807, 2.05) is 30.3 Å². The van der Waals surface area contributed by atoms with Crippen molar-refractivity contribution in [3.05, 3.63) is 30.3 Å². The molecule has 1 N–H and O–H groups in total. The van der Waals surface area contributed by atoms with Gasteiger partial charge in [-0.1, -0.05) is 37.5 Å². The summed E-state index contributed by atoms with van der Waals surface area (Å²) in [4.78, 5) is 25.5. The zero-order valence-corrected chi connectivity index (χ0v) is 15.5. The molecule has 1 aromatic carbocycles. The van der Waals surface area contributed by atoms with Crippen LogP contribution in [0.25, 0.3) is 0 Å². The number of amides is 1. The molecule has 1 saturated carbocycles. The summed E-state index contributed by atoms with van der Waals surface area (Å²) in [6.07, 6.45) is 3.31. The fourth-order valence-electron chi connectivity index (χ4n) is 2.83. The summed E-state index contributed by atoms with van der Waals surface area (Å²) < 4.78 is 5.30. The van der Waals surface area contributed by atoms with E-state index in [1.54, 1.807) is 13.8 Å². The van der Waals surface area contributed by atoms with Crippen LogP contribution in [-0.4, -0.2) is 28.8 Å². The van der Waals surface area contributed by atoms with E-state index in [0.717, 1.165) is 24.2 Å². The molecule has 5 nitrogen and oxygen atoms in total. The maximum Gasteiger partial charge on any atom is 0.319 e. The third kappa shape index (κ3) is 5.50. The number of carbonyl (C=O) groups excluding carboxylic acids is 2. The maximum atomic E-state index is 12.3. The first-order valence-corrected chi connectivity index (χ1v) is 9.49. The number of thioether (sulfide) groups is 1. The van der Waals surface area contributed by atoms with Crippen molar-refractivity contribution in [1.29, 1.82) is 5.26 Å². The number of hydrogen-bond donors (Lipinski definition) is 1. The molecule has 0 aromatic heterocycles. The van der Waals surface area contributed by atoms with Crippen LogP contribution in [0.15, 0.2) is 35.2 Å². The second kappa shape index (κ2) is 8.91. The lowest BCUT2D eigenvalue weighted by Gasteiger charge is -2.32. The van der Waals surface area contributed by atoms with Gasteiger partial charge in [-0.2, -0.15) is 5.26 Å². The fraction of sp³-hybridized carbons (Fsp3) is 0.526. The van der Waals surface area contributed by atoms with E-state index >= 15 is 0 Å². The molecule has 1 aromatic rings. The van der Waals surface area contributed by atoms with Gasteiger partial charge in [0, 0.05) is 4.90 Å². The summed E-state index contributed by atoms with van der Waals surface area (Å²) in [5, 5.41) is 11.8. The Morgan fingerprint density at radius 3 is 2.44 bits per heavy atom. The molecule has 1 fully saturated rings. The van der Waals surface area contributed by atoms with Crippen molar-refractivity contribution in [2.75, 3.05) is 0 Å². The summed E-state index contributed by atoms with van der Waals surface area (Å²) in [5.74, 6) is -0.847. The van der Waals surface area contributed by atoms with Crippen LogP contribution in [0.2, 0.25) is 0 Å². The largest absolute Gasteiger partial charge is 0.452 e. The maximum absolute atomic E-state index is 12.3. The van der Waals surface area contributed by atoms with E-state index in [1.165, 1.54) is 11.8 Å². The van der Waals surface area contributed by atoms with Gasteiger partial charge in [-0.25, -0.2) is 0 Å². The summed E-state index contributed by atoms with van der Waals surface area (Å²) >= 11 is 1.39. The minimum atomic E-state index is -0.918. The first kappa shape index (κ1) is 19.3. The first-order valence-electron chi connectivity index (χ1n) is 8.61. The number of benzene rings is 1. The molecular formula is C19H24N2O3S. The van der Waals surface area contributed by atoms with Gasteiger partial charge in [0.05, 0.1) is 6.07 Å². The fourth-order valence-corrected chi connectivity index (χ4v) is 3.71. The Balaban J connectivity index is 1.87. The van der Waals surface area contributed by atoms with Gasteiger partial charge in [0.15, 0.2) is 6.10 Å². The van der Waals surface area contributed by atoms with Crippen molar-refractivity contribution >= 4 is 23.6 Å². The Hall–Kier alpha value is -2.00. The minimum absolute atomic E-state index is 0.409. The molecule has 6 heteroatoms. The molecule has 25 heavy (non-hydrogen) atoms. The standard InChI is InChI=1S/C19H24N2O3S/c1-14(17(22)21-19(13-20)11-7-4-8-12-19)24-18(23)15(2)25-16-9-5-3-6-10-16/h3,5-6,9-10,14-15H,4,7-8,11-12H2,1-2H3,(H,21,22)/t14-,15+/m1/s1. The van der Waals surface area contributed by atoms with Crippen LogP contribution in [0.4, 0.5) is 0 Å².